The fraction of sp³-hybridized carbons (Fsp3) is 0.417. The molecule has 0 aromatic heterocycles. The minimum Gasteiger partial charge on any atom is -0.481 e. The van der Waals surface area contributed by atoms with E-state index in [-0.39, 0.29) is 16.3 Å². The number of hydrogen-bond acceptors (Lipinski definition) is 3. The topological polar surface area (TPSA) is 83.5 Å². The summed E-state index contributed by atoms with van der Waals surface area (Å²) in [5, 5.41) is 8.80. The van der Waals surface area contributed by atoms with Crippen molar-refractivity contribution < 1.29 is 22.7 Å². The van der Waals surface area contributed by atoms with Crippen molar-refractivity contribution in [1.82, 2.24) is 4.72 Å². The van der Waals surface area contributed by atoms with Crippen molar-refractivity contribution in [2.75, 3.05) is 0 Å². The highest BCUT2D eigenvalue weighted by Crippen LogP contribution is 2.28. The second kappa shape index (κ2) is 5.67. The Morgan fingerprint density at radius 2 is 2.10 bits per heavy atom. The van der Waals surface area contributed by atoms with Gasteiger partial charge >= 0.3 is 5.97 Å². The number of carboxylic acid groups (broad SMARTS) is 1. The monoisotopic (exact) mass is 321 g/mol. The number of carboxylic acids is 1. The summed E-state index contributed by atoms with van der Waals surface area (Å²) in [6.07, 6.45) is 1.07. The highest BCUT2D eigenvalue weighted by atomic mass is 35.5. The van der Waals surface area contributed by atoms with Gasteiger partial charge in [0, 0.05) is 6.04 Å². The van der Waals surface area contributed by atoms with Gasteiger partial charge in [-0.2, -0.15) is 0 Å². The Morgan fingerprint density at radius 3 is 2.70 bits per heavy atom. The molecule has 2 unspecified atom stereocenters. The van der Waals surface area contributed by atoms with Gasteiger partial charge in [-0.25, -0.2) is 17.5 Å². The maximum Gasteiger partial charge on any atom is 0.306 e. The summed E-state index contributed by atoms with van der Waals surface area (Å²) >= 11 is 5.77. The minimum absolute atomic E-state index is 0.0771. The summed E-state index contributed by atoms with van der Waals surface area (Å²) in [7, 11) is -3.96. The molecule has 0 heterocycles. The highest BCUT2D eigenvalue weighted by molar-refractivity contribution is 7.89. The molecule has 0 saturated heterocycles. The van der Waals surface area contributed by atoms with Gasteiger partial charge in [-0.05, 0) is 37.5 Å². The van der Waals surface area contributed by atoms with Crippen molar-refractivity contribution in [2.45, 2.75) is 30.2 Å². The Morgan fingerprint density at radius 1 is 1.40 bits per heavy atom. The molecule has 1 fully saturated rings. The molecule has 1 aliphatic rings. The molecule has 0 aliphatic heterocycles. The van der Waals surface area contributed by atoms with E-state index in [4.69, 9.17) is 16.7 Å². The zero-order valence-corrected chi connectivity index (χ0v) is 11.9. The largest absolute Gasteiger partial charge is 0.481 e. The van der Waals surface area contributed by atoms with Crippen LogP contribution in [0.4, 0.5) is 4.39 Å². The summed E-state index contributed by atoms with van der Waals surface area (Å²) in [5.74, 6) is -2.19. The molecule has 0 amide bonds. The standard InChI is InChI=1S/C12H13ClFNO4S/c13-10-4-2-8(14)6-11(10)20(18,19)15-9-3-1-7(5-9)12(16)17/h2,4,6-7,9,15H,1,3,5H2,(H,16,17). The Balaban J connectivity index is 2.16. The number of carbonyl (C=O) groups is 1. The van der Waals surface area contributed by atoms with Gasteiger partial charge < -0.3 is 5.11 Å². The van der Waals surface area contributed by atoms with Gasteiger partial charge in [-0.1, -0.05) is 11.6 Å². The van der Waals surface area contributed by atoms with Gasteiger partial charge in [-0.15, -0.1) is 0 Å². The van der Waals surface area contributed by atoms with Crippen molar-refractivity contribution in [3.63, 3.8) is 0 Å². The molecule has 5 nitrogen and oxygen atoms in total. The number of halogens is 2. The van der Waals surface area contributed by atoms with Crippen LogP contribution >= 0.6 is 11.6 Å². The predicted molar refractivity (Wildman–Crippen MR) is 70.5 cm³/mol. The highest BCUT2D eigenvalue weighted by Gasteiger charge is 2.33. The first-order valence-corrected chi connectivity index (χ1v) is 7.86. The normalized spacial score (nSPS) is 22.9. The van der Waals surface area contributed by atoms with E-state index in [9.17, 15) is 17.6 Å². The molecular formula is C12H13ClFNO4S. The number of sulfonamides is 1. The molecule has 2 N–H and O–H groups in total. The van der Waals surface area contributed by atoms with Crippen molar-refractivity contribution in [3.8, 4) is 0 Å². The zero-order valence-electron chi connectivity index (χ0n) is 10.3. The van der Waals surface area contributed by atoms with Crippen molar-refractivity contribution in [3.05, 3.63) is 29.0 Å². The maximum atomic E-state index is 13.1. The van der Waals surface area contributed by atoms with E-state index in [1.165, 1.54) is 6.07 Å². The molecule has 20 heavy (non-hydrogen) atoms. The van der Waals surface area contributed by atoms with Crippen LogP contribution in [-0.2, 0) is 14.8 Å². The van der Waals surface area contributed by atoms with Crippen LogP contribution < -0.4 is 4.72 Å². The SMILES string of the molecule is O=C(O)C1CCC(NS(=O)(=O)c2cc(F)ccc2Cl)C1. The molecule has 0 spiro atoms. The average molecular weight is 322 g/mol. The molecule has 1 aromatic rings. The fourth-order valence-corrected chi connectivity index (χ4v) is 4.07. The molecule has 8 heteroatoms. The predicted octanol–water partition coefficient (Wildman–Crippen LogP) is 2.01. The van der Waals surface area contributed by atoms with Gasteiger partial charge in [0.15, 0.2) is 0 Å². The minimum atomic E-state index is -3.96. The lowest BCUT2D eigenvalue weighted by atomic mass is 10.1. The van der Waals surface area contributed by atoms with E-state index in [0.29, 0.717) is 12.8 Å². The fourth-order valence-electron chi connectivity index (χ4n) is 2.28. The van der Waals surface area contributed by atoms with Crippen molar-refractivity contribution >= 4 is 27.6 Å². The molecule has 0 bridgehead atoms. The molecule has 2 rings (SSSR count). The van der Waals surface area contributed by atoms with Crippen LogP contribution in [0.2, 0.25) is 5.02 Å². The van der Waals surface area contributed by atoms with Crippen LogP contribution in [-0.4, -0.2) is 25.5 Å². The van der Waals surface area contributed by atoms with E-state index < -0.39 is 33.8 Å². The smallest absolute Gasteiger partial charge is 0.306 e. The van der Waals surface area contributed by atoms with E-state index in [1.54, 1.807) is 0 Å². The summed E-state index contributed by atoms with van der Waals surface area (Å²) in [5.41, 5.74) is 0. The quantitative estimate of drug-likeness (QED) is 0.888. The van der Waals surface area contributed by atoms with E-state index >= 15 is 0 Å². The Kier molecular flexibility index (Phi) is 4.31. The third-order valence-electron chi connectivity index (χ3n) is 3.29. The van der Waals surface area contributed by atoms with E-state index in [2.05, 4.69) is 4.72 Å². The first kappa shape index (κ1) is 15.2. The second-order valence-corrected chi connectivity index (χ2v) is 6.83. The maximum absolute atomic E-state index is 13.1. The van der Waals surface area contributed by atoms with Gasteiger partial charge in [0.1, 0.15) is 10.7 Å². The van der Waals surface area contributed by atoms with Gasteiger partial charge in [0.05, 0.1) is 10.9 Å². The van der Waals surface area contributed by atoms with Gasteiger partial charge in [0.25, 0.3) is 0 Å². The summed E-state index contributed by atoms with van der Waals surface area (Å²) in [6.45, 7) is 0. The second-order valence-electron chi connectivity index (χ2n) is 4.74. The molecule has 1 aliphatic carbocycles. The van der Waals surface area contributed by atoms with Crippen LogP contribution in [0, 0.1) is 11.7 Å². The lowest BCUT2D eigenvalue weighted by Gasteiger charge is -2.14. The third-order valence-corrected chi connectivity index (χ3v) is 5.29. The number of hydrogen-bond donors (Lipinski definition) is 2. The van der Waals surface area contributed by atoms with Crippen LogP contribution in [0.15, 0.2) is 23.1 Å². The van der Waals surface area contributed by atoms with Crippen molar-refractivity contribution in [2.24, 2.45) is 5.92 Å². The first-order valence-electron chi connectivity index (χ1n) is 6.00. The van der Waals surface area contributed by atoms with Gasteiger partial charge in [0.2, 0.25) is 10.0 Å². The number of nitrogens with one attached hydrogen (secondary N) is 1. The van der Waals surface area contributed by atoms with Crippen LogP contribution in [0.5, 0.6) is 0 Å². The van der Waals surface area contributed by atoms with Gasteiger partial charge in [-0.3, -0.25) is 4.79 Å². The molecule has 0 radical (unpaired) electrons. The molecule has 110 valence electrons. The molecular weight excluding hydrogens is 309 g/mol. The zero-order chi connectivity index (χ0) is 14.9. The lowest BCUT2D eigenvalue weighted by Crippen LogP contribution is -2.33. The Hall–Kier alpha value is -1.18. The number of rotatable bonds is 4. The average Bonchev–Trinajstić information content (AvgIpc) is 2.80. The first-order chi connectivity index (χ1) is 9.29. The van der Waals surface area contributed by atoms with Crippen molar-refractivity contribution in [1.29, 1.82) is 0 Å². The number of benzene rings is 1. The molecule has 1 saturated carbocycles. The summed E-state index contributed by atoms with van der Waals surface area (Å²) in [6, 6.07) is 2.60. The van der Waals surface area contributed by atoms with Crippen LogP contribution in [0.3, 0.4) is 0 Å². The molecule has 1 aromatic carbocycles. The lowest BCUT2D eigenvalue weighted by molar-refractivity contribution is -0.141. The van der Waals surface area contributed by atoms with E-state index in [0.717, 1.165) is 12.1 Å². The summed E-state index contributed by atoms with van der Waals surface area (Å²) in [4.78, 5) is 10.5. The summed E-state index contributed by atoms with van der Waals surface area (Å²) < 4.78 is 39.8. The van der Waals surface area contributed by atoms with Crippen LogP contribution in [0.1, 0.15) is 19.3 Å². The third kappa shape index (κ3) is 3.28. The Labute approximate surface area is 120 Å². The van der Waals surface area contributed by atoms with Crippen LogP contribution in [0.25, 0.3) is 0 Å². The molecule has 2 atom stereocenters. The Bertz CT molecular complexity index is 634. The van der Waals surface area contributed by atoms with E-state index in [1.807, 2.05) is 0 Å². The number of aliphatic carboxylic acids is 1.